The lowest BCUT2D eigenvalue weighted by molar-refractivity contribution is -0.123. The van der Waals surface area contributed by atoms with Gasteiger partial charge in [0.25, 0.3) is 5.91 Å². The van der Waals surface area contributed by atoms with Crippen LogP contribution in [0.15, 0.2) is 36.2 Å². The molecule has 138 valence electrons. The molecule has 0 spiro atoms. The van der Waals surface area contributed by atoms with E-state index in [1.807, 2.05) is 13.0 Å². The van der Waals surface area contributed by atoms with E-state index < -0.39 is 18.0 Å². The summed E-state index contributed by atoms with van der Waals surface area (Å²) >= 11 is 1.27. The molecule has 1 heterocycles. The highest BCUT2D eigenvalue weighted by atomic mass is 32.1. The Hall–Kier alpha value is -2.87. The second-order valence-corrected chi connectivity index (χ2v) is 6.31. The van der Waals surface area contributed by atoms with E-state index in [1.165, 1.54) is 25.4 Å². The van der Waals surface area contributed by atoms with Gasteiger partial charge in [-0.2, -0.15) is 0 Å². The van der Waals surface area contributed by atoms with Crippen molar-refractivity contribution in [2.75, 3.05) is 24.3 Å². The minimum atomic E-state index is -0.987. The number of carbonyl (C=O) groups excluding carboxylic acids is 2. The Labute approximate surface area is 156 Å². The monoisotopic (exact) mass is 375 g/mol. The number of carbonyl (C=O) groups is 2. The number of ether oxygens (including phenoxy) is 2. The first kappa shape index (κ1) is 19.5. The minimum absolute atomic E-state index is 0.148. The van der Waals surface area contributed by atoms with E-state index in [9.17, 15) is 9.59 Å². The van der Waals surface area contributed by atoms with E-state index in [1.54, 1.807) is 23.6 Å². The Morgan fingerprint density at radius 1 is 1.42 bits per heavy atom. The summed E-state index contributed by atoms with van der Waals surface area (Å²) < 4.78 is 10.4. The summed E-state index contributed by atoms with van der Waals surface area (Å²) in [5, 5.41) is 7.85. The molecule has 0 aliphatic carbocycles. The van der Waals surface area contributed by atoms with Crippen molar-refractivity contribution in [2.24, 2.45) is 0 Å². The average molecular weight is 375 g/mol. The number of amides is 1. The number of methoxy groups -OCH3 is 1. The van der Waals surface area contributed by atoms with Gasteiger partial charge in [-0.3, -0.25) is 4.79 Å². The molecule has 2 rings (SSSR count). The van der Waals surface area contributed by atoms with Crippen molar-refractivity contribution in [1.82, 2.24) is 4.98 Å². The van der Waals surface area contributed by atoms with Crippen molar-refractivity contribution in [3.05, 3.63) is 47.5 Å². The molecule has 0 aliphatic rings. The van der Waals surface area contributed by atoms with Gasteiger partial charge in [0.2, 0.25) is 0 Å². The summed E-state index contributed by atoms with van der Waals surface area (Å²) in [6.07, 6.45) is 0.699. The first-order valence-corrected chi connectivity index (χ1v) is 8.79. The third-order valence-electron chi connectivity index (χ3n) is 3.38. The fraction of sp³-hybridized carbons (Fsp3) is 0.278. The van der Waals surface area contributed by atoms with Gasteiger partial charge < -0.3 is 20.1 Å². The lowest BCUT2D eigenvalue weighted by Crippen LogP contribution is -2.30. The SMILES string of the molecule is C=CCNc1nc(C(=O)OC(C)C(=O)Nc2cc(C)ccc2OC)cs1. The highest BCUT2D eigenvalue weighted by Crippen LogP contribution is 2.25. The first-order valence-electron chi connectivity index (χ1n) is 7.91. The molecule has 0 saturated heterocycles. The summed E-state index contributed by atoms with van der Waals surface area (Å²) in [7, 11) is 1.52. The molecule has 2 aromatic rings. The summed E-state index contributed by atoms with van der Waals surface area (Å²) in [5.41, 5.74) is 1.63. The van der Waals surface area contributed by atoms with Crippen molar-refractivity contribution in [3.8, 4) is 5.75 Å². The number of nitrogens with one attached hydrogen (secondary N) is 2. The highest BCUT2D eigenvalue weighted by Gasteiger charge is 2.21. The number of esters is 1. The van der Waals surface area contributed by atoms with Gasteiger partial charge in [-0.15, -0.1) is 17.9 Å². The summed E-state index contributed by atoms with van der Waals surface area (Å²) in [6.45, 7) is 7.54. The molecule has 0 bridgehead atoms. The van der Waals surface area contributed by atoms with Crippen LogP contribution in [0.4, 0.5) is 10.8 Å². The van der Waals surface area contributed by atoms with E-state index in [4.69, 9.17) is 9.47 Å². The number of anilines is 2. The van der Waals surface area contributed by atoms with Crippen LogP contribution in [0.2, 0.25) is 0 Å². The Kier molecular flexibility index (Phi) is 6.74. The quantitative estimate of drug-likeness (QED) is 0.544. The maximum Gasteiger partial charge on any atom is 0.358 e. The van der Waals surface area contributed by atoms with Crippen LogP contribution >= 0.6 is 11.3 Å². The molecule has 1 aromatic carbocycles. The molecule has 0 aliphatic heterocycles. The third kappa shape index (κ3) is 5.06. The average Bonchev–Trinajstić information content (AvgIpc) is 3.09. The van der Waals surface area contributed by atoms with Crippen LogP contribution in [0, 0.1) is 6.92 Å². The number of aromatic nitrogens is 1. The van der Waals surface area contributed by atoms with Gasteiger partial charge in [0.05, 0.1) is 12.8 Å². The molecule has 26 heavy (non-hydrogen) atoms. The standard InChI is InChI=1S/C18H21N3O4S/c1-5-8-19-18-21-14(10-26-18)17(23)25-12(3)16(22)20-13-9-11(2)6-7-15(13)24-4/h5-7,9-10,12H,1,8H2,2-4H3,(H,19,21)(H,20,22). The van der Waals surface area contributed by atoms with Crippen molar-refractivity contribution in [2.45, 2.75) is 20.0 Å². The van der Waals surface area contributed by atoms with Gasteiger partial charge in [0, 0.05) is 11.9 Å². The number of thiazole rings is 1. The van der Waals surface area contributed by atoms with Gasteiger partial charge in [0.15, 0.2) is 16.9 Å². The fourth-order valence-corrected chi connectivity index (χ4v) is 2.73. The molecule has 0 fully saturated rings. The topological polar surface area (TPSA) is 89.5 Å². The third-order valence-corrected chi connectivity index (χ3v) is 4.18. The second-order valence-electron chi connectivity index (χ2n) is 5.45. The van der Waals surface area contributed by atoms with Crippen LogP contribution in [-0.4, -0.2) is 36.6 Å². The van der Waals surface area contributed by atoms with E-state index in [-0.39, 0.29) is 5.69 Å². The zero-order valence-electron chi connectivity index (χ0n) is 14.9. The summed E-state index contributed by atoms with van der Waals surface area (Å²) in [6, 6.07) is 5.41. The fourth-order valence-electron chi connectivity index (χ4n) is 2.04. The van der Waals surface area contributed by atoms with E-state index in [0.717, 1.165) is 5.56 Å². The normalized spacial score (nSPS) is 11.3. The van der Waals surface area contributed by atoms with Crippen LogP contribution in [0.3, 0.4) is 0 Å². The maximum absolute atomic E-state index is 12.3. The lowest BCUT2D eigenvalue weighted by Gasteiger charge is -2.15. The lowest BCUT2D eigenvalue weighted by atomic mass is 10.2. The summed E-state index contributed by atoms with van der Waals surface area (Å²) in [4.78, 5) is 28.6. The first-order chi connectivity index (χ1) is 12.4. The Morgan fingerprint density at radius 3 is 2.88 bits per heavy atom. The number of aryl methyl sites for hydroxylation is 1. The highest BCUT2D eigenvalue weighted by molar-refractivity contribution is 7.13. The Bertz CT molecular complexity index is 803. The van der Waals surface area contributed by atoms with Crippen molar-refractivity contribution in [3.63, 3.8) is 0 Å². The molecule has 0 radical (unpaired) electrons. The van der Waals surface area contributed by atoms with Gasteiger partial charge in [-0.1, -0.05) is 12.1 Å². The molecule has 1 aromatic heterocycles. The molecule has 1 unspecified atom stereocenters. The van der Waals surface area contributed by atoms with Gasteiger partial charge in [-0.25, -0.2) is 9.78 Å². The number of benzene rings is 1. The van der Waals surface area contributed by atoms with Gasteiger partial charge in [-0.05, 0) is 31.5 Å². The maximum atomic E-state index is 12.3. The largest absolute Gasteiger partial charge is 0.495 e. The summed E-state index contributed by atoms with van der Waals surface area (Å²) in [5.74, 6) is -0.589. The van der Waals surface area contributed by atoms with Crippen LogP contribution in [0.25, 0.3) is 0 Å². The second kappa shape index (κ2) is 9.00. The molecular weight excluding hydrogens is 354 g/mol. The predicted molar refractivity (Wildman–Crippen MR) is 102 cm³/mol. The van der Waals surface area contributed by atoms with Crippen LogP contribution in [0.1, 0.15) is 23.0 Å². The zero-order valence-corrected chi connectivity index (χ0v) is 15.7. The van der Waals surface area contributed by atoms with Crippen molar-refractivity contribution in [1.29, 1.82) is 0 Å². The molecule has 2 N–H and O–H groups in total. The molecule has 8 heteroatoms. The molecule has 0 saturated carbocycles. The van der Waals surface area contributed by atoms with Crippen LogP contribution in [-0.2, 0) is 9.53 Å². The minimum Gasteiger partial charge on any atom is -0.495 e. The number of nitrogens with zero attached hydrogens (tertiary/aromatic N) is 1. The molecule has 1 atom stereocenters. The van der Waals surface area contributed by atoms with E-state index in [2.05, 4.69) is 22.2 Å². The van der Waals surface area contributed by atoms with Crippen LogP contribution < -0.4 is 15.4 Å². The Balaban J connectivity index is 1.98. The number of rotatable bonds is 8. The Morgan fingerprint density at radius 2 is 2.19 bits per heavy atom. The van der Waals surface area contributed by atoms with Gasteiger partial charge in [0.1, 0.15) is 5.75 Å². The number of hydrogen-bond donors (Lipinski definition) is 2. The molecule has 1 amide bonds. The smallest absolute Gasteiger partial charge is 0.358 e. The molecule has 7 nitrogen and oxygen atoms in total. The van der Waals surface area contributed by atoms with Crippen LogP contribution in [0.5, 0.6) is 5.75 Å². The molecular formula is C18H21N3O4S. The van der Waals surface area contributed by atoms with E-state index in [0.29, 0.717) is 23.1 Å². The van der Waals surface area contributed by atoms with E-state index >= 15 is 0 Å². The van der Waals surface area contributed by atoms with Crippen molar-refractivity contribution >= 4 is 34.0 Å². The van der Waals surface area contributed by atoms with Crippen molar-refractivity contribution < 1.29 is 19.1 Å². The predicted octanol–water partition coefficient (Wildman–Crippen LogP) is 3.24. The zero-order chi connectivity index (χ0) is 19.1. The van der Waals surface area contributed by atoms with Gasteiger partial charge >= 0.3 is 5.97 Å². The number of hydrogen-bond acceptors (Lipinski definition) is 7.